The van der Waals surface area contributed by atoms with Crippen molar-refractivity contribution in [3.8, 4) is 0 Å². The van der Waals surface area contributed by atoms with Crippen molar-refractivity contribution in [1.82, 2.24) is 0 Å². The molecule has 4 heteroatoms. The van der Waals surface area contributed by atoms with Crippen LogP contribution in [0.2, 0.25) is 5.02 Å². The van der Waals surface area contributed by atoms with Crippen molar-refractivity contribution >= 4 is 33.3 Å². The summed E-state index contributed by atoms with van der Waals surface area (Å²) < 4.78 is 18.6. The van der Waals surface area contributed by atoms with Crippen LogP contribution in [0.25, 0.3) is 5.76 Å². The van der Waals surface area contributed by atoms with Gasteiger partial charge in [0, 0.05) is 16.5 Å². The van der Waals surface area contributed by atoms with E-state index >= 15 is 0 Å². The van der Waals surface area contributed by atoms with Crippen LogP contribution in [0, 0.1) is 12.7 Å². The lowest BCUT2D eigenvalue weighted by Crippen LogP contribution is -1.99. The normalized spacial score (nSPS) is 10.2. The van der Waals surface area contributed by atoms with E-state index < -0.39 is 0 Å². The minimum atomic E-state index is -0.304. The van der Waals surface area contributed by atoms with Crippen LogP contribution < -0.4 is 0 Å². The first-order valence-electron chi connectivity index (χ1n) is 4.29. The standard InChI is InChI=1S/C11H11BrClFO/c1-6-4-9(14)8(5-12)10(11(6)13)7(2)15-3/h4H,2,5H2,1,3H3. The van der Waals surface area contributed by atoms with E-state index in [0.717, 1.165) is 0 Å². The topological polar surface area (TPSA) is 9.23 Å². The molecule has 0 aliphatic heterocycles. The molecule has 0 saturated carbocycles. The molecule has 0 aromatic heterocycles. The fraction of sp³-hybridized carbons (Fsp3) is 0.273. The summed E-state index contributed by atoms with van der Waals surface area (Å²) in [6.45, 7) is 5.45. The quantitative estimate of drug-likeness (QED) is 0.596. The van der Waals surface area contributed by atoms with Gasteiger partial charge in [-0.3, -0.25) is 0 Å². The molecule has 0 bridgehead atoms. The molecular weight excluding hydrogens is 282 g/mol. The van der Waals surface area contributed by atoms with E-state index in [1.807, 2.05) is 0 Å². The molecule has 0 fully saturated rings. The predicted molar refractivity (Wildman–Crippen MR) is 64.8 cm³/mol. The molecule has 1 aromatic rings. The van der Waals surface area contributed by atoms with Crippen molar-refractivity contribution in [3.05, 3.63) is 40.2 Å². The molecule has 15 heavy (non-hydrogen) atoms. The monoisotopic (exact) mass is 292 g/mol. The molecule has 0 N–H and O–H groups in total. The second-order valence-electron chi connectivity index (χ2n) is 3.10. The van der Waals surface area contributed by atoms with Gasteiger partial charge in [0.2, 0.25) is 0 Å². The molecule has 0 aliphatic carbocycles. The van der Waals surface area contributed by atoms with Crippen LogP contribution in [0.1, 0.15) is 16.7 Å². The van der Waals surface area contributed by atoms with E-state index in [4.69, 9.17) is 16.3 Å². The van der Waals surface area contributed by atoms with Crippen LogP contribution in [-0.2, 0) is 10.1 Å². The van der Waals surface area contributed by atoms with Crippen LogP contribution in [0.15, 0.2) is 12.6 Å². The highest BCUT2D eigenvalue weighted by molar-refractivity contribution is 9.08. The van der Waals surface area contributed by atoms with Crippen LogP contribution in [-0.4, -0.2) is 7.11 Å². The Morgan fingerprint density at radius 3 is 2.73 bits per heavy atom. The number of rotatable bonds is 3. The first-order valence-corrected chi connectivity index (χ1v) is 5.79. The van der Waals surface area contributed by atoms with E-state index in [9.17, 15) is 4.39 Å². The number of benzene rings is 1. The predicted octanol–water partition coefficient (Wildman–Crippen LogP) is 4.30. The summed E-state index contributed by atoms with van der Waals surface area (Å²) in [5, 5.41) is 0.856. The maximum Gasteiger partial charge on any atom is 0.128 e. The van der Waals surface area contributed by atoms with E-state index in [2.05, 4.69) is 22.5 Å². The lowest BCUT2D eigenvalue weighted by molar-refractivity contribution is 0.370. The third kappa shape index (κ3) is 2.34. The van der Waals surface area contributed by atoms with Crippen molar-refractivity contribution in [1.29, 1.82) is 0 Å². The summed E-state index contributed by atoms with van der Waals surface area (Å²) in [6.07, 6.45) is 0. The molecule has 0 heterocycles. The van der Waals surface area contributed by atoms with Crippen molar-refractivity contribution in [2.75, 3.05) is 7.11 Å². The van der Waals surface area contributed by atoms with E-state index in [1.165, 1.54) is 13.2 Å². The number of hydrogen-bond donors (Lipinski definition) is 0. The van der Waals surface area contributed by atoms with Crippen molar-refractivity contribution in [2.45, 2.75) is 12.3 Å². The van der Waals surface area contributed by atoms with Crippen molar-refractivity contribution in [3.63, 3.8) is 0 Å². The number of ether oxygens (including phenoxy) is 1. The zero-order valence-electron chi connectivity index (χ0n) is 8.53. The van der Waals surface area contributed by atoms with E-state index in [0.29, 0.717) is 32.8 Å². The van der Waals surface area contributed by atoms with E-state index in [-0.39, 0.29) is 5.82 Å². The molecule has 0 spiro atoms. The molecule has 82 valence electrons. The lowest BCUT2D eigenvalue weighted by atomic mass is 10.0. The van der Waals surface area contributed by atoms with Gasteiger partial charge in [-0.2, -0.15) is 0 Å². The summed E-state index contributed by atoms with van der Waals surface area (Å²) in [5.41, 5.74) is 1.68. The Hall–Kier alpha value is -0.540. The number of alkyl halides is 1. The molecule has 0 unspecified atom stereocenters. The third-order valence-corrected chi connectivity index (χ3v) is 3.21. The Balaban J connectivity index is 3.50. The van der Waals surface area contributed by atoms with Gasteiger partial charge in [-0.1, -0.05) is 34.1 Å². The highest BCUT2D eigenvalue weighted by atomic mass is 79.9. The average Bonchev–Trinajstić information content (AvgIpc) is 2.21. The first-order chi connectivity index (χ1) is 7.02. The number of methoxy groups -OCH3 is 1. The molecule has 1 aromatic carbocycles. The lowest BCUT2D eigenvalue weighted by Gasteiger charge is -2.14. The summed E-state index contributed by atoms with van der Waals surface area (Å²) in [5.74, 6) is 0.0685. The van der Waals surface area contributed by atoms with Gasteiger partial charge < -0.3 is 4.74 Å². The highest BCUT2D eigenvalue weighted by Gasteiger charge is 2.17. The second kappa shape index (κ2) is 4.99. The van der Waals surface area contributed by atoms with Gasteiger partial charge in [0.25, 0.3) is 0 Å². The highest BCUT2D eigenvalue weighted by Crippen LogP contribution is 2.33. The largest absolute Gasteiger partial charge is 0.497 e. The van der Waals surface area contributed by atoms with Crippen LogP contribution in [0.3, 0.4) is 0 Å². The third-order valence-electron chi connectivity index (χ3n) is 2.16. The number of hydrogen-bond acceptors (Lipinski definition) is 1. The first kappa shape index (κ1) is 12.5. The smallest absolute Gasteiger partial charge is 0.128 e. The average molecular weight is 294 g/mol. The molecular formula is C11H11BrClFO. The Bertz CT molecular complexity index is 404. The summed E-state index contributed by atoms with van der Waals surface area (Å²) in [4.78, 5) is 0. The maximum atomic E-state index is 13.6. The second-order valence-corrected chi connectivity index (χ2v) is 4.04. The van der Waals surface area contributed by atoms with Gasteiger partial charge in [0.05, 0.1) is 12.1 Å². The molecule has 0 saturated heterocycles. The van der Waals surface area contributed by atoms with Crippen molar-refractivity contribution < 1.29 is 9.13 Å². The molecule has 0 aliphatic rings. The number of halogens is 3. The van der Waals surface area contributed by atoms with Crippen molar-refractivity contribution in [2.24, 2.45) is 0 Å². The molecule has 1 nitrogen and oxygen atoms in total. The Morgan fingerprint density at radius 1 is 1.67 bits per heavy atom. The van der Waals surface area contributed by atoms with Crippen LogP contribution in [0.5, 0.6) is 0 Å². The SMILES string of the molecule is C=C(OC)c1c(Cl)c(C)cc(F)c1CBr. The van der Waals surface area contributed by atoms with Crippen LogP contribution >= 0.6 is 27.5 Å². The van der Waals surface area contributed by atoms with Gasteiger partial charge in [-0.15, -0.1) is 0 Å². The Morgan fingerprint density at radius 2 is 2.27 bits per heavy atom. The number of aryl methyl sites for hydroxylation is 1. The van der Waals surface area contributed by atoms with Gasteiger partial charge in [-0.25, -0.2) is 4.39 Å². The molecule has 0 amide bonds. The molecule has 0 atom stereocenters. The zero-order valence-corrected chi connectivity index (χ0v) is 10.9. The minimum absolute atomic E-state index is 0.304. The zero-order chi connectivity index (χ0) is 11.6. The Labute approximate surface area is 102 Å². The van der Waals surface area contributed by atoms with E-state index in [1.54, 1.807) is 6.92 Å². The van der Waals surface area contributed by atoms with Gasteiger partial charge in [0.15, 0.2) is 0 Å². The molecule has 1 rings (SSSR count). The van der Waals surface area contributed by atoms with Gasteiger partial charge >= 0.3 is 0 Å². The summed E-state index contributed by atoms with van der Waals surface area (Å²) in [7, 11) is 1.48. The summed E-state index contributed by atoms with van der Waals surface area (Å²) in [6, 6.07) is 1.41. The van der Waals surface area contributed by atoms with Gasteiger partial charge in [-0.05, 0) is 18.6 Å². The van der Waals surface area contributed by atoms with Gasteiger partial charge in [0.1, 0.15) is 11.6 Å². The van der Waals surface area contributed by atoms with Crippen LogP contribution in [0.4, 0.5) is 4.39 Å². The summed E-state index contributed by atoms with van der Waals surface area (Å²) >= 11 is 9.31. The fourth-order valence-corrected chi connectivity index (χ4v) is 2.14. The fourth-order valence-electron chi connectivity index (χ4n) is 1.31. The maximum absolute atomic E-state index is 13.6. The Kier molecular flexibility index (Phi) is 4.17. The molecule has 0 radical (unpaired) electrons. The minimum Gasteiger partial charge on any atom is -0.497 e.